The molecule has 66 heavy (non-hydrogen) atoms. The monoisotopic (exact) mass is 903 g/mol. The maximum atomic E-state index is 14.5. The molecule has 0 aliphatic carbocycles. The molecule has 0 bridgehead atoms. The largest absolute Gasteiger partial charge is 0.531 e. The van der Waals surface area contributed by atoms with E-state index in [2.05, 4.69) is 79.9 Å². The third-order valence-electron chi connectivity index (χ3n) is 12.5. The lowest BCUT2D eigenvalue weighted by Gasteiger charge is -2.43. The Hall–Kier alpha value is -7.15. The molecule has 0 saturated carbocycles. The Morgan fingerprint density at radius 1 is 0.652 bits per heavy atom. The number of hydrogen-bond donors (Lipinski definition) is 0. The van der Waals surface area contributed by atoms with Crippen molar-refractivity contribution in [1.29, 1.82) is 0 Å². The molecule has 11 nitrogen and oxygen atoms in total. The van der Waals surface area contributed by atoms with Crippen molar-refractivity contribution in [3.8, 4) is 62.6 Å². The molecule has 9 rings (SSSR count). The molecule has 0 N–H and O–H groups in total. The summed E-state index contributed by atoms with van der Waals surface area (Å²) in [5, 5.41) is 3.35. The zero-order valence-electron chi connectivity index (χ0n) is 38.5. The molecule has 1 aliphatic heterocycles. The zero-order chi connectivity index (χ0) is 46.2. The van der Waals surface area contributed by atoms with E-state index in [1.54, 1.807) is 34.5 Å². The number of nitrogens with zero attached hydrogens (tertiary/aromatic N) is 1. The first kappa shape index (κ1) is 44.1. The lowest BCUT2D eigenvalue weighted by atomic mass is 9.91. The van der Waals surface area contributed by atoms with Crippen molar-refractivity contribution in [2.45, 2.75) is 45.4 Å². The third kappa shape index (κ3) is 7.69. The van der Waals surface area contributed by atoms with Crippen LogP contribution in [0.1, 0.15) is 31.9 Å². The van der Waals surface area contributed by atoms with Crippen LogP contribution in [-0.4, -0.2) is 55.2 Å². The van der Waals surface area contributed by atoms with Gasteiger partial charge in [-0.1, -0.05) is 99.6 Å². The van der Waals surface area contributed by atoms with Crippen molar-refractivity contribution < 1.29 is 42.0 Å². The highest BCUT2D eigenvalue weighted by atomic mass is 28.4. The molecule has 0 atom stereocenters. The lowest BCUT2D eigenvalue weighted by Crippen LogP contribution is -2.68. The summed E-state index contributed by atoms with van der Waals surface area (Å²) in [5.41, 5.74) is 5.63. The maximum absolute atomic E-state index is 14.5. The smallest absolute Gasteiger partial charge is 0.361 e. The molecule has 3 heterocycles. The first-order chi connectivity index (χ1) is 32.0. The van der Waals surface area contributed by atoms with Gasteiger partial charge < -0.3 is 46.6 Å². The Bertz CT molecular complexity index is 3060. The fraction of sp³-hybridized carbons (Fsp3) is 0.241. The summed E-state index contributed by atoms with van der Waals surface area (Å²) >= 11 is 0. The highest BCUT2D eigenvalue weighted by Crippen LogP contribution is 2.51. The quantitative estimate of drug-likeness (QED) is 0.0561. The average molecular weight is 904 g/mol. The SMILES string of the molecule is COCOc1cc2oc(=O)c3c(c(-c4ccc(O[Si](c5ccccc5)(c5ccccc5)C(C)(C)C)c(OC)c4)c4n3CCc3cc(OCc5ccc(OC)cc5)c(OC)cc3-4)c2cc1OC. The van der Waals surface area contributed by atoms with Gasteiger partial charge in [-0.3, -0.25) is 0 Å². The van der Waals surface area contributed by atoms with Gasteiger partial charge in [0.2, 0.25) is 0 Å². The number of methoxy groups -OCH3 is 5. The Morgan fingerprint density at radius 3 is 1.91 bits per heavy atom. The number of fused-ring (bicyclic) bond motifs is 7. The van der Waals surface area contributed by atoms with Crippen molar-refractivity contribution in [3.63, 3.8) is 0 Å². The molecule has 8 aromatic rings. The van der Waals surface area contributed by atoms with Gasteiger partial charge in [0.05, 0.1) is 34.1 Å². The summed E-state index contributed by atoms with van der Waals surface area (Å²) in [6, 6.07) is 42.5. The van der Waals surface area contributed by atoms with Gasteiger partial charge in [-0.25, -0.2) is 4.79 Å². The van der Waals surface area contributed by atoms with Gasteiger partial charge >= 0.3 is 13.9 Å². The summed E-state index contributed by atoms with van der Waals surface area (Å²) in [4.78, 5) is 14.5. The topological polar surface area (TPSA) is 109 Å². The van der Waals surface area contributed by atoms with Crippen LogP contribution in [0.5, 0.6) is 40.2 Å². The Kier molecular flexibility index (Phi) is 12.0. The van der Waals surface area contributed by atoms with Crippen LogP contribution in [0.15, 0.2) is 137 Å². The van der Waals surface area contributed by atoms with Gasteiger partial charge in [-0.15, -0.1) is 0 Å². The number of hydrogen-bond acceptors (Lipinski definition) is 10. The second kappa shape index (κ2) is 18.0. The molecular weight excluding hydrogens is 851 g/mol. The highest BCUT2D eigenvalue weighted by molar-refractivity contribution is 7.00. The number of aryl methyl sites for hydroxylation is 2. The molecule has 12 heteroatoms. The maximum Gasteiger partial charge on any atom is 0.361 e. The number of benzene rings is 6. The van der Waals surface area contributed by atoms with Gasteiger partial charge in [0.1, 0.15) is 29.2 Å². The van der Waals surface area contributed by atoms with Gasteiger partial charge in [-0.05, 0) is 81.0 Å². The zero-order valence-corrected chi connectivity index (χ0v) is 39.5. The molecule has 0 spiro atoms. The number of ether oxygens (including phenoxy) is 7. The second-order valence-electron chi connectivity index (χ2n) is 17.2. The minimum absolute atomic E-state index is 0.0212. The van der Waals surface area contributed by atoms with E-state index in [0.717, 1.165) is 49.6 Å². The van der Waals surface area contributed by atoms with Gasteiger partial charge in [0, 0.05) is 41.6 Å². The summed E-state index contributed by atoms with van der Waals surface area (Å²) in [6.07, 6.45) is 0.619. The van der Waals surface area contributed by atoms with E-state index in [1.165, 1.54) is 7.11 Å². The summed E-state index contributed by atoms with van der Waals surface area (Å²) < 4.78 is 56.8. The first-order valence-electron chi connectivity index (χ1n) is 21.8. The molecule has 1 aliphatic rings. The fourth-order valence-corrected chi connectivity index (χ4v) is 13.8. The summed E-state index contributed by atoms with van der Waals surface area (Å²) in [6.45, 7) is 7.55. The molecule has 0 unspecified atom stereocenters. The van der Waals surface area contributed by atoms with Crippen LogP contribution in [0, 0.1) is 0 Å². The van der Waals surface area contributed by atoms with E-state index < -0.39 is 13.9 Å². The molecule has 338 valence electrons. The first-order valence-corrected chi connectivity index (χ1v) is 23.7. The summed E-state index contributed by atoms with van der Waals surface area (Å²) in [5.74, 6) is 3.93. The van der Waals surface area contributed by atoms with Crippen LogP contribution >= 0.6 is 0 Å². The molecule has 2 aromatic heterocycles. The standard InChI is InChI=1S/C54H53NO10Si/c1-54(2,3)66(38-15-11-9-12-16-38,39-17-13-10-14-18-39)65-42-24-21-36(28-44(42)59-6)49-50-41-30-46(61-8)48(63-33-57-4)31-43(41)64-53(56)52(50)55-26-25-35-27-47(45(60-7)29-40(35)51(49)55)62-32-34-19-22-37(58-5)23-20-34/h9-24,27-31H,25-26,32-33H2,1-8H3. The van der Waals surface area contributed by atoms with Gasteiger partial charge in [-0.2, -0.15) is 0 Å². The van der Waals surface area contributed by atoms with Crippen molar-refractivity contribution in [3.05, 3.63) is 149 Å². The fourth-order valence-electron chi connectivity index (χ4n) is 9.38. The van der Waals surface area contributed by atoms with Crippen LogP contribution in [0.25, 0.3) is 44.3 Å². The highest BCUT2D eigenvalue weighted by Gasteiger charge is 2.52. The van der Waals surface area contributed by atoms with Gasteiger partial charge in [0.25, 0.3) is 0 Å². The van der Waals surface area contributed by atoms with Gasteiger partial charge in [0.15, 0.2) is 35.5 Å². The summed E-state index contributed by atoms with van der Waals surface area (Å²) in [7, 11) is 5.00. The van der Waals surface area contributed by atoms with E-state index in [-0.39, 0.29) is 11.8 Å². The predicted molar refractivity (Wildman–Crippen MR) is 260 cm³/mol. The van der Waals surface area contributed by atoms with E-state index in [4.69, 9.17) is 42.0 Å². The Balaban J connectivity index is 1.27. The van der Waals surface area contributed by atoms with Crippen LogP contribution in [-0.2, 0) is 24.3 Å². The van der Waals surface area contributed by atoms with E-state index >= 15 is 0 Å². The lowest BCUT2D eigenvalue weighted by molar-refractivity contribution is 0.0492. The van der Waals surface area contributed by atoms with Crippen molar-refractivity contribution in [2.24, 2.45) is 0 Å². The normalized spacial score (nSPS) is 12.4. The molecule has 0 radical (unpaired) electrons. The molecule has 6 aromatic carbocycles. The van der Waals surface area contributed by atoms with Crippen LogP contribution in [0.3, 0.4) is 0 Å². The van der Waals surface area contributed by atoms with E-state index in [9.17, 15) is 4.79 Å². The van der Waals surface area contributed by atoms with Crippen molar-refractivity contribution >= 4 is 40.6 Å². The minimum atomic E-state index is -3.06. The van der Waals surface area contributed by atoms with Crippen LogP contribution in [0.4, 0.5) is 0 Å². The second-order valence-corrected chi connectivity index (χ2v) is 21.4. The third-order valence-corrected chi connectivity index (χ3v) is 17.4. The van der Waals surface area contributed by atoms with E-state index in [0.29, 0.717) is 75.9 Å². The van der Waals surface area contributed by atoms with Crippen molar-refractivity contribution in [2.75, 3.05) is 42.3 Å². The molecule has 0 fully saturated rings. The van der Waals surface area contributed by atoms with Crippen LogP contribution in [0.2, 0.25) is 5.04 Å². The predicted octanol–water partition coefficient (Wildman–Crippen LogP) is 10.2. The number of aromatic nitrogens is 1. The Morgan fingerprint density at radius 2 is 1.29 bits per heavy atom. The average Bonchev–Trinajstić information content (AvgIpc) is 3.70. The Labute approximate surface area is 385 Å². The van der Waals surface area contributed by atoms with E-state index in [1.807, 2.05) is 66.7 Å². The van der Waals surface area contributed by atoms with Crippen molar-refractivity contribution in [1.82, 2.24) is 4.57 Å². The minimum Gasteiger partial charge on any atom is -0.531 e. The number of rotatable bonds is 15. The van der Waals surface area contributed by atoms with Crippen LogP contribution < -0.4 is 48.8 Å². The molecule has 0 amide bonds. The molecular formula is C54H53NO10Si. The molecule has 0 saturated heterocycles.